The van der Waals surface area contributed by atoms with Gasteiger partial charge in [0.1, 0.15) is 0 Å². The molecule has 13 heavy (non-hydrogen) atoms. The number of halogens is 1. The van der Waals surface area contributed by atoms with Crippen molar-refractivity contribution in [2.24, 2.45) is 0 Å². The lowest BCUT2D eigenvalue weighted by atomic mass is 10.3. The SMILES string of the molecule is CCC(=O)N(C)c1ccc(Br)cc1. The van der Waals surface area contributed by atoms with Gasteiger partial charge in [0, 0.05) is 23.6 Å². The topological polar surface area (TPSA) is 20.3 Å². The smallest absolute Gasteiger partial charge is 0.226 e. The first kappa shape index (κ1) is 10.3. The Labute approximate surface area is 86.7 Å². The molecule has 1 rings (SSSR count). The lowest BCUT2D eigenvalue weighted by molar-refractivity contribution is -0.118. The van der Waals surface area contributed by atoms with Crippen LogP contribution >= 0.6 is 15.9 Å². The molecule has 1 aromatic carbocycles. The van der Waals surface area contributed by atoms with E-state index in [0.717, 1.165) is 10.2 Å². The largest absolute Gasteiger partial charge is 0.316 e. The second-order valence-electron chi connectivity index (χ2n) is 2.78. The summed E-state index contributed by atoms with van der Waals surface area (Å²) >= 11 is 3.35. The molecule has 1 aromatic rings. The number of anilines is 1. The lowest BCUT2D eigenvalue weighted by Crippen LogP contribution is -2.24. The summed E-state index contributed by atoms with van der Waals surface area (Å²) in [5.41, 5.74) is 0.926. The van der Waals surface area contributed by atoms with Gasteiger partial charge in [-0.3, -0.25) is 4.79 Å². The van der Waals surface area contributed by atoms with Gasteiger partial charge in [-0.15, -0.1) is 0 Å². The van der Waals surface area contributed by atoms with Crippen molar-refractivity contribution < 1.29 is 4.79 Å². The Morgan fingerprint density at radius 3 is 2.38 bits per heavy atom. The van der Waals surface area contributed by atoms with Gasteiger partial charge in [0.15, 0.2) is 0 Å². The predicted molar refractivity (Wildman–Crippen MR) is 57.8 cm³/mol. The first-order valence-corrected chi connectivity index (χ1v) is 4.96. The molecule has 0 aliphatic heterocycles. The van der Waals surface area contributed by atoms with Crippen LogP contribution in [0.15, 0.2) is 28.7 Å². The molecule has 1 amide bonds. The number of carbonyl (C=O) groups is 1. The van der Waals surface area contributed by atoms with Gasteiger partial charge in [0.05, 0.1) is 0 Å². The number of hydrogen-bond donors (Lipinski definition) is 0. The highest BCUT2D eigenvalue weighted by molar-refractivity contribution is 9.10. The van der Waals surface area contributed by atoms with Gasteiger partial charge in [0.25, 0.3) is 0 Å². The molecule has 0 saturated carbocycles. The fraction of sp³-hybridized carbons (Fsp3) is 0.300. The van der Waals surface area contributed by atoms with Crippen molar-refractivity contribution >= 4 is 27.5 Å². The highest BCUT2D eigenvalue weighted by atomic mass is 79.9. The summed E-state index contributed by atoms with van der Waals surface area (Å²) in [7, 11) is 1.79. The maximum atomic E-state index is 11.3. The monoisotopic (exact) mass is 241 g/mol. The van der Waals surface area contributed by atoms with Gasteiger partial charge < -0.3 is 4.90 Å². The van der Waals surface area contributed by atoms with Crippen LogP contribution in [0, 0.1) is 0 Å². The van der Waals surface area contributed by atoms with Gasteiger partial charge in [-0.25, -0.2) is 0 Å². The van der Waals surface area contributed by atoms with Crippen molar-refractivity contribution in [2.75, 3.05) is 11.9 Å². The van der Waals surface area contributed by atoms with Crippen LogP contribution in [-0.4, -0.2) is 13.0 Å². The second kappa shape index (κ2) is 4.42. The molecule has 0 saturated heterocycles. The Kier molecular flexibility index (Phi) is 3.48. The van der Waals surface area contributed by atoms with Crippen LogP contribution in [0.2, 0.25) is 0 Å². The molecular formula is C10H12BrNO. The van der Waals surface area contributed by atoms with E-state index >= 15 is 0 Å². The molecule has 0 atom stereocenters. The highest BCUT2D eigenvalue weighted by Gasteiger charge is 2.06. The summed E-state index contributed by atoms with van der Waals surface area (Å²) in [6.07, 6.45) is 0.534. The molecule has 0 fully saturated rings. The van der Waals surface area contributed by atoms with Crippen LogP contribution < -0.4 is 4.90 Å². The first-order valence-electron chi connectivity index (χ1n) is 4.17. The maximum Gasteiger partial charge on any atom is 0.226 e. The van der Waals surface area contributed by atoms with Crippen molar-refractivity contribution in [2.45, 2.75) is 13.3 Å². The maximum absolute atomic E-state index is 11.3. The summed E-state index contributed by atoms with van der Waals surface area (Å²) in [6, 6.07) is 7.68. The van der Waals surface area contributed by atoms with E-state index in [0.29, 0.717) is 6.42 Å². The standard InChI is InChI=1S/C10H12BrNO/c1-3-10(13)12(2)9-6-4-8(11)5-7-9/h4-7H,3H2,1-2H3. The van der Waals surface area contributed by atoms with E-state index in [1.165, 1.54) is 0 Å². The van der Waals surface area contributed by atoms with Gasteiger partial charge in [-0.2, -0.15) is 0 Å². The molecule has 0 aromatic heterocycles. The first-order chi connectivity index (χ1) is 6.15. The fourth-order valence-corrected chi connectivity index (χ4v) is 1.31. The van der Waals surface area contributed by atoms with Crippen LogP contribution in [0.4, 0.5) is 5.69 Å². The molecule has 2 nitrogen and oxygen atoms in total. The van der Waals surface area contributed by atoms with Crippen molar-refractivity contribution in [3.05, 3.63) is 28.7 Å². The van der Waals surface area contributed by atoms with Gasteiger partial charge in [-0.1, -0.05) is 22.9 Å². The van der Waals surface area contributed by atoms with E-state index in [2.05, 4.69) is 15.9 Å². The zero-order chi connectivity index (χ0) is 9.84. The zero-order valence-corrected chi connectivity index (χ0v) is 9.34. The van der Waals surface area contributed by atoms with E-state index < -0.39 is 0 Å². The van der Waals surface area contributed by atoms with Crippen LogP contribution in [0.1, 0.15) is 13.3 Å². The third-order valence-electron chi connectivity index (χ3n) is 1.89. The summed E-state index contributed by atoms with van der Waals surface area (Å²) in [5.74, 6) is 0.127. The summed E-state index contributed by atoms with van der Waals surface area (Å²) < 4.78 is 1.02. The number of hydrogen-bond acceptors (Lipinski definition) is 1. The molecule has 0 aliphatic rings. The summed E-state index contributed by atoms with van der Waals surface area (Å²) in [5, 5.41) is 0. The number of rotatable bonds is 2. The normalized spacial score (nSPS) is 9.77. The Hall–Kier alpha value is -0.830. The highest BCUT2D eigenvalue weighted by Crippen LogP contribution is 2.17. The number of nitrogens with zero attached hydrogens (tertiary/aromatic N) is 1. The zero-order valence-electron chi connectivity index (χ0n) is 7.75. The lowest BCUT2D eigenvalue weighted by Gasteiger charge is -2.16. The minimum absolute atomic E-state index is 0.127. The third kappa shape index (κ3) is 2.56. The van der Waals surface area contributed by atoms with E-state index in [9.17, 15) is 4.79 Å². The van der Waals surface area contributed by atoms with Crippen molar-refractivity contribution in [1.29, 1.82) is 0 Å². The molecule has 0 unspecified atom stereocenters. The van der Waals surface area contributed by atoms with Crippen LogP contribution in [0.3, 0.4) is 0 Å². The molecule has 0 radical (unpaired) electrons. The third-order valence-corrected chi connectivity index (χ3v) is 2.42. The minimum atomic E-state index is 0.127. The Morgan fingerprint density at radius 1 is 1.38 bits per heavy atom. The number of carbonyl (C=O) groups excluding carboxylic acids is 1. The van der Waals surface area contributed by atoms with Crippen molar-refractivity contribution in [3.8, 4) is 0 Å². The number of benzene rings is 1. The summed E-state index contributed by atoms with van der Waals surface area (Å²) in [6.45, 7) is 1.86. The van der Waals surface area contributed by atoms with Crippen LogP contribution in [0.5, 0.6) is 0 Å². The fourth-order valence-electron chi connectivity index (χ4n) is 1.05. The number of amides is 1. The van der Waals surface area contributed by atoms with Gasteiger partial charge in [0.2, 0.25) is 5.91 Å². The Bertz CT molecular complexity index is 294. The molecule has 0 N–H and O–H groups in total. The molecule has 0 aliphatic carbocycles. The van der Waals surface area contributed by atoms with E-state index in [-0.39, 0.29) is 5.91 Å². The van der Waals surface area contributed by atoms with Crippen LogP contribution in [0.25, 0.3) is 0 Å². The van der Waals surface area contributed by atoms with E-state index in [4.69, 9.17) is 0 Å². The second-order valence-corrected chi connectivity index (χ2v) is 3.70. The Balaban J connectivity index is 2.83. The Morgan fingerprint density at radius 2 is 1.92 bits per heavy atom. The quantitative estimate of drug-likeness (QED) is 0.780. The molecule has 0 spiro atoms. The van der Waals surface area contributed by atoms with E-state index in [1.54, 1.807) is 11.9 Å². The minimum Gasteiger partial charge on any atom is -0.316 e. The van der Waals surface area contributed by atoms with E-state index in [1.807, 2.05) is 31.2 Å². The molecule has 3 heteroatoms. The molecule has 0 bridgehead atoms. The van der Waals surface area contributed by atoms with Gasteiger partial charge >= 0.3 is 0 Å². The summed E-state index contributed by atoms with van der Waals surface area (Å²) in [4.78, 5) is 13.0. The van der Waals surface area contributed by atoms with Crippen molar-refractivity contribution in [1.82, 2.24) is 0 Å². The van der Waals surface area contributed by atoms with Gasteiger partial charge in [-0.05, 0) is 24.3 Å². The molecule has 70 valence electrons. The van der Waals surface area contributed by atoms with Crippen LogP contribution in [-0.2, 0) is 4.79 Å². The molecule has 0 heterocycles. The average Bonchev–Trinajstić information content (AvgIpc) is 2.17. The van der Waals surface area contributed by atoms with Crippen molar-refractivity contribution in [3.63, 3.8) is 0 Å². The predicted octanol–water partition coefficient (Wildman–Crippen LogP) is 2.82. The average molecular weight is 242 g/mol. The molecular weight excluding hydrogens is 230 g/mol.